The number of para-hydroxylation sites is 2. The molecule has 3 nitrogen and oxygen atoms in total. The molecular weight excluding hydrogens is 260 g/mol. The van der Waals surface area contributed by atoms with Crippen molar-refractivity contribution in [1.82, 2.24) is 4.98 Å². The summed E-state index contributed by atoms with van der Waals surface area (Å²) in [5, 5.41) is 1.06. The smallest absolute Gasteiger partial charge is 0.187 e. The van der Waals surface area contributed by atoms with Crippen LogP contribution in [0.15, 0.2) is 65.7 Å². The molecule has 0 bridgehead atoms. The Morgan fingerprint density at radius 3 is 2.62 bits per heavy atom. The van der Waals surface area contributed by atoms with E-state index in [9.17, 15) is 4.79 Å². The molecule has 3 aromatic rings. The van der Waals surface area contributed by atoms with Crippen molar-refractivity contribution >= 4 is 28.1 Å². The highest BCUT2D eigenvalue weighted by Crippen LogP contribution is 2.26. The number of carbonyl (C=O) groups is 1. The van der Waals surface area contributed by atoms with Crippen molar-refractivity contribution in [1.29, 1.82) is 0 Å². The van der Waals surface area contributed by atoms with E-state index in [2.05, 4.69) is 9.98 Å². The summed E-state index contributed by atoms with van der Waals surface area (Å²) in [6.45, 7) is 0. The van der Waals surface area contributed by atoms with Crippen LogP contribution in [0.3, 0.4) is 0 Å². The van der Waals surface area contributed by atoms with Gasteiger partial charge in [0, 0.05) is 11.8 Å². The van der Waals surface area contributed by atoms with Gasteiger partial charge in [-0.25, -0.2) is 9.98 Å². The van der Waals surface area contributed by atoms with Crippen molar-refractivity contribution in [2.24, 2.45) is 4.99 Å². The number of fused-ring (bicyclic) bond motifs is 2. The zero-order valence-electron chi connectivity index (χ0n) is 11.3. The second-order valence-electron chi connectivity index (χ2n) is 5.08. The molecule has 1 aliphatic heterocycles. The molecule has 0 amide bonds. The summed E-state index contributed by atoms with van der Waals surface area (Å²) >= 11 is 0. The van der Waals surface area contributed by atoms with Gasteiger partial charge in [0.15, 0.2) is 5.78 Å². The first-order valence-electron chi connectivity index (χ1n) is 6.87. The van der Waals surface area contributed by atoms with Crippen LogP contribution in [0.5, 0.6) is 0 Å². The first kappa shape index (κ1) is 12.0. The monoisotopic (exact) mass is 272 g/mol. The minimum absolute atomic E-state index is 0.0245. The van der Waals surface area contributed by atoms with Gasteiger partial charge in [-0.3, -0.25) is 4.79 Å². The van der Waals surface area contributed by atoms with E-state index in [1.165, 1.54) is 0 Å². The largest absolute Gasteiger partial charge is 0.292 e. The van der Waals surface area contributed by atoms with Gasteiger partial charge in [0.05, 0.1) is 16.9 Å². The Balaban J connectivity index is 1.88. The van der Waals surface area contributed by atoms with Crippen molar-refractivity contribution in [3.05, 3.63) is 71.9 Å². The molecule has 21 heavy (non-hydrogen) atoms. The van der Waals surface area contributed by atoms with Crippen molar-refractivity contribution < 1.29 is 4.79 Å². The highest BCUT2D eigenvalue weighted by Gasteiger charge is 2.22. The van der Waals surface area contributed by atoms with Gasteiger partial charge in [-0.05, 0) is 23.8 Å². The average Bonchev–Trinajstić information content (AvgIpc) is 2.54. The molecule has 0 atom stereocenters. The van der Waals surface area contributed by atoms with Crippen LogP contribution in [0.2, 0.25) is 0 Å². The summed E-state index contributed by atoms with van der Waals surface area (Å²) in [5.41, 5.74) is 3.83. The molecule has 0 saturated carbocycles. The molecule has 100 valence electrons. The normalized spacial score (nSPS) is 13.9. The summed E-state index contributed by atoms with van der Waals surface area (Å²) in [4.78, 5) is 21.4. The Morgan fingerprint density at radius 1 is 0.857 bits per heavy atom. The maximum absolute atomic E-state index is 12.3. The predicted molar refractivity (Wildman–Crippen MR) is 83.1 cm³/mol. The van der Waals surface area contributed by atoms with Crippen LogP contribution in [-0.4, -0.2) is 16.5 Å². The lowest BCUT2D eigenvalue weighted by Gasteiger charge is -2.14. The molecule has 2 aromatic carbocycles. The molecule has 0 N–H and O–H groups in total. The molecule has 0 fully saturated rings. The van der Waals surface area contributed by atoms with E-state index in [4.69, 9.17) is 0 Å². The fraction of sp³-hybridized carbons (Fsp3) is 0.0556. The van der Waals surface area contributed by atoms with E-state index in [1.807, 2.05) is 60.7 Å². The van der Waals surface area contributed by atoms with Crippen LogP contribution in [0.25, 0.3) is 10.9 Å². The Hall–Kier alpha value is -2.81. The molecule has 3 heteroatoms. The summed E-state index contributed by atoms with van der Waals surface area (Å²) in [5.74, 6) is 0.0245. The Kier molecular flexibility index (Phi) is 2.64. The number of nitrogens with zero attached hydrogens (tertiary/aromatic N) is 2. The number of Topliss-reactive ketones (excluding diaryl/α,β-unsaturated/α-hetero) is 1. The van der Waals surface area contributed by atoms with Crippen LogP contribution >= 0.6 is 0 Å². The molecular formula is C18H12N2O. The lowest BCUT2D eigenvalue weighted by Crippen LogP contribution is -2.22. The lowest BCUT2D eigenvalue weighted by atomic mass is 9.98. The topological polar surface area (TPSA) is 42.3 Å². The van der Waals surface area contributed by atoms with Crippen LogP contribution in [0, 0.1) is 0 Å². The third-order valence-corrected chi connectivity index (χ3v) is 3.68. The van der Waals surface area contributed by atoms with Gasteiger partial charge in [0.25, 0.3) is 0 Å². The van der Waals surface area contributed by atoms with Gasteiger partial charge in [-0.15, -0.1) is 0 Å². The predicted octanol–water partition coefficient (Wildman–Crippen LogP) is 3.48. The average molecular weight is 272 g/mol. The number of benzene rings is 2. The Labute approximate surface area is 122 Å². The quantitative estimate of drug-likeness (QED) is 0.680. The molecule has 4 rings (SSSR count). The summed E-state index contributed by atoms with van der Waals surface area (Å²) in [7, 11) is 0. The summed E-state index contributed by atoms with van der Waals surface area (Å²) < 4.78 is 0. The van der Waals surface area contributed by atoms with Gasteiger partial charge in [0.2, 0.25) is 0 Å². The molecule has 0 radical (unpaired) electrons. The van der Waals surface area contributed by atoms with E-state index in [1.54, 1.807) is 0 Å². The highest BCUT2D eigenvalue weighted by molar-refractivity contribution is 6.47. The minimum atomic E-state index is 0.0245. The summed E-state index contributed by atoms with van der Waals surface area (Å²) in [6.07, 6.45) is 0.392. The lowest BCUT2D eigenvalue weighted by molar-refractivity contribution is -0.112. The maximum Gasteiger partial charge on any atom is 0.187 e. The van der Waals surface area contributed by atoms with Crippen molar-refractivity contribution in [3.8, 4) is 0 Å². The zero-order chi connectivity index (χ0) is 14.2. The third kappa shape index (κ3) is 2.03. The van der Waals surface area contributed by atoms with Crippen molar-refractivity contribution in [2.45, 2.75) is 6.42 Å². The first-order valence-corrected chi connectivity index (χ1v) is 6.87. The van der Waals surface area contributed by atoms with Crippen LogP contribution in [0.4, 0.5) is 5.69 Å². The number of ketones is 1. The van der Waals surface area contributed by atoms with E-state index in [-0.39, 0.29) is 5.78 Å². The molecule has 0 saturated heterocycles. The van der Waals surface area contributed by atoms with Gasteiger partial charge in [-0.2, -0.15) is 0 Å². The number of aromatic nitrogens is 1. The number of hydrogen-bond acceptors (Lipinski definition) is 3. The second-order valence-corrected chi connectivity index (χ2v) is 5.08. The van der Waals surface area contributed by atoms with E-state index in [0.29, 0.717) is 17.8 Å². The van der Waals surface area contributed by atoms with Gasteiger partial charge < -0.3 is 0 Å². The number of carbonyl (C=O) groups excluding carboxylic acids is 1. The second kappa shape index (κ2) is 4.63. The van der Waals surface area contributed by atoms with E-state index < -0.39 is 0 Å². The molecule has 1 aliphatic rings. The highest BCUT2D eigenvalue weighted by atomic mass is 16.1. The fourth-order valence-electron chi connectivity index (χ4n) is 2.61. The Morgan fingerprint density at radius 2 is 1.67 bits per heavy atom. The van der Waals surface area contributed by atoms with Crippen LogP contribution < -0.4 is 0 Å². The van der Waals surface area contributed by atoms with Gasteiger partial charge in [0.1, 0.15) is 5.71 Å². The van der Waals surface area contributed by atoms with Crippen molar-refractivity contribution in [3.63, 3.8) is 0 Å². The van der Waals surface area contributed by atoms with Gasteiger partial charge >= 0.3 is 0 Å². The van der Waals surface area contributed by atoms with E-state index in [0.717, 1.165) is 22.2 Å². The SMILES string of the molecule is O=C1Cc2ccccc2N=C1c1ccc2ccccc2n1. The van der Waals surface area contributed by atoms with Gasteiger partial charge in [-0.1, -0.05) is 42.5 Å². The Bertz CT molecular complexity index is 896. The van der Waals surface area contributed by atoms with Crippen LogP contribution in [0.1, 0.15) is 11.3 Å². The first-order chi connectivity index (χ1) is 10.3. The number of pyridine rings is 1. The standard InChI is InChI=1S/C18H12N2O/c21-17-11-13-6-2-4-8-15(13)20-18(17)16-10-9-12-5-1-3-7-14(12)19-16/h1-10H,11H2. The summed E-state index contributed by atoms with van der Waals surface area (Å²) in [6, 6.07) is 19.5. The van der Waals surface area contributed by atoms with E-state index >= 15 is 0 Å². The maximum atomic E-state index is 12.3. The number of rotatable bonds is 1. The molecule has 2 heterocycles. The molecule has 0 unspecified atom stereocenters. The molecule has 1 aromatic heterocycles. The molecule has 0 spiro atoms. The fourth-order valence-corrected chi connectivity index (χ4v) is 2.61. The van der Waals surface area contributed by atoms with Crippen molar-refractivity contribution in [2.75, 3.05) is 0 Å². The van der Waals surface area contributed by atoms with Crippen LogP contribution in [-0.2, 0) is 11.2 Å². The minimum Gasteiger partial charge on any atom is -0.292 e. The number of hydrogen-bond donors (Lipinski definition) is 0. The molecule has 0 aliphatic carbocycles. The number of aliphatic imine (C=N–C) groups is 1. The third-order valence-electron chi connectivity index (χ3n) is 3.68. The zero-order valence-corrected chi connectivity index (χ0v) is 11.3.